The van der Waals surface area contributed by atoms with Crippen LogP contribution in [0.15, 0.2) is 12.1 Å². The molecule has 0 radical (unpaired) electrons. The van der Waals surface area contributed by atoms with E-state index in [2.05, 4.69) is 0 Å². The van der Waals surface area contributed by atoms with E-state index < -0.39 is 12.1 Å². The van der Waals surface area contributed by atoms with Gasteiger partial charge in [-0.3, -0.25) is 4.79 Å². The molecule has 0 aliphatic rings. The van der Waals surface area contributed by atoms with Gasteiger partial charge in [-0.2, -0.15) is 0 Å². The first-order valence-corrected chi connectivity index (χ1v) is 6.39. The fourth-order valence-corrected chi connectivity index (χ4v) is 1.68. The SMILES string of the molecule is CCOC(=O)Oc1c(OC)cc(CCC(N)=O)cc1OC. The molecule has 0 spiro atoms. The molecule has 0 heterocycles. The molecule has 0 fully saturated rings. The van der Waals surface area contributed by atoms with Crippen molar-refractivity contribution in [3.8, 4) is 17.2 Å². The second-order valence-corrected chi connectivity index (χ2v) is 4.08. The number of methoxy groups -OCH3 is 2. The number of carbonyl (C=O) groups excluding carboxylic acids is 2. The van der Waals surface area contributed by atoms with Crippen LogP contribution in [0.4, 0.5) is 4.79 Å². The number of rotatable bonds is 7. The van der Waals surface area contributed by atoms with Crippen molar-refractivity contribution in [2.75, 3.05) is 20.8 Å². The number of nitrogens with two attached hydrogens (primary N) is 1. The van der Waals surface area contributed by atoms with Gasteiger partial charge in [0.1, 0.15) is 0 Å². The van der Waals surface area contributed by atoms with Gasteiger partial charge in [0.05, 0.1) is 20.8 Å². The van der Waals surface area contributed by atoms with Crippen molar-refractivity contribution in [1.29, 1.82) is 0 Å². The number of amides is 1. The summed E-state index contributed by atoms with van der Waals surface area (Å²) in [5, 5.41) is 0. The van der Waals surface area contributed by atoms with Crippen LogP contribution in [0.5, 0.6) is 17.2 Å². The van der Waals surface area contributed by atoms with E-state index in [4.69, 9.17) is 24.7 Å². The van der Waals surface area contributed by atoms with Gasteiger partial charge in [0, 0.05) is 6.42 Å². The van der Waals surface area contributed by atoms with Crippen LogP contribution in [0, 0.1) is 0 Å². The number of hydrogen-bond acceptors (Lipinski definition) is 6. The molecule has 0 bridgehead atoms. The molecule has 116 valence electrons. The number of hydrogen-bond donors (Lipinski definition) is 1. The highest BCUT2D eigenvalue weighted by atomic mass is 16.7. The fraction of sp³-hybridized carbons (Fsp3) is 0.429. The molecule has 1 aromatic rings. The number of benzene rings is 1. The number of ether oxygens (including phenoxy) is 4. The van der Waals surface area contributed by atoms with E-state index >= 15 is 0 Å². The summed E-state index contributed by atoms with van der Waals surface area (Å²) < 4.78 is 20.2. The van der Waals surface area contributed by atoms with Crippen molar-refractivity contribution in [2.24, 2.45) is 5.73 Å². The third-order valence-corrected chi connectivity index (χ3v) is 2.63. The Labute approximate surface area is 122 Å². The predicted octanol–water partition coefficient (Wildman–Crippen LogP) is 1.66. The van der Waals surface area contributed by atoms with Gasteiger partial charge >= 0.3 is 6.16 Å². The summed E-state index contributed by atoms with van der Waals surface area (Å²) in [6.45, 7) is 1.86. The first-order valence-electron chi connectivity index (χ1n) is 6.39. The Bertz CT molecular complexity index is 489. The van der Waals surface area contributed by atoms with E-state index in [9.17, 15) is 9.59 Å². The average Bonchev–Trinajstić information content (AvgIpc) is 2.45. The molecule has 0 atom stereocenters. The predicted molar refractivity (Wildman–Crippen MR) is 74.7 cm³/mol. The van der Waals surface area contributed by atoms with Crippen LogP contribution in [0.3, 0.4) is 0 Å². The molecule has 7 heteroatoms. The largest absolute Gasteiger partial charge is 0.514 e. The lowest BCUT2D eigenvalue weighted by Crippen LogP contribution is -2.13. The minimum Gasteiger partial charge on any atom is -0.493 e. The van der Waals surface area contributed by atoms with Crippen LogP contribution in [0.2, 0.25) is 0 Å². The van der Waals surface area contributed by atoms with E-state index in [1.807, 2.05) is 0 Å². The van der Waals surface area contributed by atoms with Crippen LogP contribution in [0.1, 0.15) is 18.9 Å². The molecule has 0 unspecified atom stereocenters. The molecule has 0 aliphatic heterocycles. The zero-order valence-electron chi connectivity index (χ0n) is 12.3. The van der Waals surface area contributed by atoms with Crippen LogP contribution in [-0.2, 0) is 16.0 Å². The molecule has 1 aromatic carbocycles. The molecule has 0 aromatic heterocycles. The second kappa shape index (κ2) is 7.98. The number of primary amides is 1. The minimum absolute atomic E-state index is 0.126. The maximum Gasteiger partial charge on any atom is 0.514 e. The van der Waals surface area contributed by atoms with Crippen LogP contribution < -0.4 is 19.9 Å². The number of carbonyl (C=O) groups is 2. The number of aryl methyl sites for hydroxylation is 1. The van der Waals surface area contributed by atoms with E-state index in [1.54, 1.807) is 19.1 Å². The molecular weight excluding hydrogens is 278 g/mol. The van der Waals surface area contributed by atoms with Crippen molar-refractivity contribution in [3.63, 3.8) is 0 Å². The Morgan fingerprint density at radius 3 is 2.14 bits per heavy atom. The van der Waals surface area contributed by atoms with E-state index in [1.165, 1.54) is 14.2 Å². The maximum atomic E-state index is 11.4. The first kappa shape index (κ1) is 16.6. The average molecular weight is 297 g/mol. The quantitative estimate of drug-likeness (QED) is 0.607. The Balaban J connectivity index is 3.06. The molecule has 0 saturated heterocycles. The van der Waals surface area contributed by atoms with Gasteiger partial charge in [-0.1, -0.05) is 0 Å². The van der Waals surface area contributed by atoms with Gasteiger partial charge in [0.2, 0.25) is 11.7 Å². The Kier molecular flexibility index (Phi) is 6.32. The molecule has 0 saturated carbocycles. The van der Waals surface area contributed by atoms with Crippen molar-refractivity contribution < 1.29 is 28.5 Å². The van der Waals surface area contributed by atoms with Crippen molar-refractivity contribution in [3.05, 3.63) is 17.7 Å². The third-order valence-electron chi connectivity index (χ3n) is 2.63. The summed E-state index contributed by atoms with van der Waals surface area (Å²) in [5.74, 6) is 0.338. The Morgan fingerprint density at radius 2 is 1.71 bits per heavy atom. The summed E-state index contributed by atoms with van der Waals surface area (Å²) >= 11 is 0. The summed E-state index contributed by atoms with van der Waals surface area (Å²) in [6, 6.07) is 3.31. The van der Waals surface area contributed by atoms with Crippen LogP contribution in [0.25, 0.3) is 0 Å². The van der Waals surface area contributed by atoms with Gasteiger partial charge in [0.25, 0.3) is 0 Å². The van der Waals surface area contributed by atoms with Gasteiger partial charge in [-0.15, -0.1) is 0 Å². The van der Waals surface area contributed by atoms with Gasteiger partial charge < -0.3 is 24.7 Å². The Hall–Kier alpha value is -2.44. The molecule has 1 rings (SSSR count). The van der Waals surface area contributed by atoms with E-state index in [0.717, 1.165) is 5.56 Å². The highest BCUT2D eigenvalue weighted by Gasteiger charge is 2.18. The van der Waals surface area contributed by atoms with Crippen molar-refractivity contribution in [2.45, 2.75) is 19.8 Å². The highest BCUT2D eigenvalue weighted by Crippen LogP contribution is 2.39. The molecule has 2 N–H and O–H groups in total. The lowest BCUT2D eigenvalue weighted by Gasteiger charge is -2.14. The summed E-state index contributed by atoms with van der Waals surface area (Å²) in [5.41, 5.74) is 5.90. The van der Waals surface area contributed by atoms with Gasteiger partial charge in [0.15, 0.2) is 11.5 Å². The molecule has 7 nitrogen and oxygen atoms in total. The summed E-state index contributed by atoms with van der Waals surface area (Å²) in [7, 11) is 2.87. The van der Waals surface area contributed by atoms with E-state index in [0.29, 0.717) is 17.9 Å². The standard InChI is InChI=1S/C14H19NO6/c1-4-20-14(17)21-13-10(18-2)7-9(5-6-12(15)16)8-11(13)19-3/h7-8H,4-6H2,1-3H3,(H2,15,16). The fourth-order valence-electron chi connectivity index (χ4n) is 1.68. The lowest BCUT2D eigenvalue weighted by molar-refractivity contribution is -0.117. The topological polar surface area (TPSA) is 97.1 Å². The highest BCUT2D eigenvalue weighted by molar-refractivity contribution is 5.74. The monoisotopic (exact) mass is 297 g/mol. The Morgan fingerprint density at radius 1 is 1.14 bits per heavy atom. The molecule has 21 heavy (non-hydrogen) atoms. The third kappa shape index (κ3) is 4.87. The molecule has 0 aliphatic carbocycles. The lowest BCUT2D eigenvalue weighted by atomic mass is 10.1. The zero-order valence-corrected chi connectivity index (χ0v) is 12.3. The van der Waals surface area contributed by atoms with Crippen molar-refractivity contribution >= 4 is 12.1 Å². The summed E-state index contributed by atoms with van der Waals surface area (Å²) in [4.78, 5) is 22.3. The van der Waals surface area contributed by atoms with Crippen molar-refractivity contribution in [1.82, 2.24) is 0 Å². The van der Waals surface area contributed by atoms with Gasteiger partial charge in [-0.05, 0) is 31.0 Å². The second-order valence-electron chi connectivity index (χ2n) is 4.08. The van der Waals surface area contributed by atoms with Gasteiger partial charge in [-0.25, -0.2) is 4.79 Å². The van der Waals surface area contributed by atoms with Crippen LogP contribution in [-0.4, -0.2) is 32.9 Å². The first-order chi connectivity index (χ1) is 10.0. The minimum atomic E-state index is -0.848. The van der Waals surface area contributed by atoms with Crippen LogP contribution >= 0.6 is 0 Å². The zero-order chi connectivity index (χ0) is 15.8. The smallest absolute Gasteiger partial charge is 0.493 e. The summed E-state index contributed by atoms with van der Waals surface area (Å²) in [6.07, 6.45) is -0.217. The normalized spacial score (nSPS) is 9.86. The molecule has 1 amide bonds. The maximum absolute atomic E-state index is 11.4. The molecular formula is C14H19NO6. The van der Waals surface area contributed by atoms with E-state index in [-0.39, 0.29) is 18.8 Å².